The SMILES string of the molecule is CCOC1CCCN(Cc2cc(C#CCO)cs2)C1. The summed E-state index contributed by atoms with van der Waals surface area (Å²) >= 11 is 1.74. The maximum absolute atomic E-state index is 8.68. The first kappa shape index (κ1) is 14.5. The second-order valence-electron chi connectivity index (χ2n) is 4.72. The third kappa shape index (κ3) is 4.63. The molecule has 1 atom stereocenters. The van der Waals surface area contributed by atoms with Crippen molar-refractivity contribution < 1.29 is 9.84 Å². The molecule has 1 aliphatic rings. The van der Waals surface area contributed by atoms with Crippen LogP contribution in [-0.4, -0.2) is 42.4 Å². The molecule has 0 spiro atoms. The van der Waals surface area contributed by atoms with Gasteiger partial charge in [0.2, 0.25) is 0 Å². The van der Waals surface area contributed by atoms with Crippen LogP contribution in [0.15, 0.2) is 11.4 Å². The summed E-state index contributed by atoms with van der Waals surface area (Å²) in [7, 11) is 0. The fourth-order valence-corrected chi connectivity index (χ4v) is 3.28. The number of likely N-dealkylation sites (tertiary alicyclic amines) is 1. The highest BCUT2D eigenvalue weighted by molar-refractivity contribution is 7.10. The molecular weight excluding hydrogens is 258 g/mol. The summed E-state index contributed by atoms with van der Waals surface area (Å²) in [5.74, 6) is 5.63. The van der Waals surface area contributed by atoms with Crippen LogP contribution in [0.2, 0.25) is 0 Å². The van der Waals surface area contributed by atoms with E-state index in [9.17, 15) is 0 Å². The predicted molar refractivity (Wildman–Crippen MR) is 78.2 cm³/mol. The average Bonchev–Trinajstić information content (AvgIpc) is 2.85. The van der Waals surface area contributed by atoms with Gasteiger partial charge in [-0.25, -0.2) is 0 Å². The smallest absolute Gasteiger partial charge is 0.104 e. The van der Waals surface area contributed by atoms with E-state index in [0.717, 1.165) is 31.8 Å². The molecule has 1 N–H and O–H groups in total. The van der Waals surface area contributed by atoms with Crippen molar-refractivity contribution in [2.75, 3.05) is 26.3 Å². The van der Waals surface area contributed by atoms with Crippen LogP contribution in [0.3, 0.4) is 0 Å². The Morgan fingerprint density at radius 2 is 2.47 bits per heavy atom. The number of nitrogens with zero attached hydrogens (tertiary/aromatic N) is 1. The molecule has 1 aromatic rings. The maximum Gasteiger partial charge on any atom is 0.104 e. The van der Waals surface area contributed by atoms with Crippen LogP contribution in [0.1, 0.15) is 30.2 Å². The van der Waals surface area contributed by atoms with E-state index in [1.54, 1.807) is 11.3 Å². The molecule has 0 bridgehead atoms. The van der Waals surface area contributed by atoms with E-state index in [1.807, 2.05) is 0 Å². The lowest BCUT2D eigenvalue weighted by Crippen LogP contribution is -2.39. The van der Waals surface area contributed by atoms with E-state index in [0.29, 0.717) is 6.10 Å². The summed E-state index contributed by atoms with van der Waals surface area (Å²) in [4.78, 5) is 3.79. The molecule has 0 aromatic carbocycles. The highest BCUT2D eigenvalue weighted by Crippen LogP contribution is 2.20. The van der Waals surface area contributed by atoms with Crippen LogP contribution in [0.5, 0.6) is 0 Å². The Labute approximate surface area is 119 Å². The van der Waals surface area contributed by atoms with E-state index in [-0.39, 0.29) is 6.61 Å². The minimum Gasteiger partial charge on any atom is -0.384 e. The van der Waals surface area contributed by atoms with Crippen molar-refractivity contribution in [3.63, 3.8) is 0 Å². The van der Waals surface area contributed by atoms with Gasteiger partial charge in [0.05, 0.1) is 6.10 Å². The molecule has 0 aliphatic carbocycles. The predicted octanol–water partition coefficient (Wildman–Crippen LogP) is 2.09. The van der Waals surface area contributed by atoms with E-state index in [1.165, 1.54) is 17.7 Å². The van der Waals surface area contributed by atoms with Crippen molar-refractivity contribution in [2.24, 2.45) is 0 Å². The Hall–Kier alpha value is -0.860. The van der Waals surface area contributed by atoms with Gasteiger partial charge in [0.25, 0.3) is 0 Å². The molecule has 3 nitrogen and oxygen atoms in total. The molecule has 4 heteroatoms. The Morgan fingerprint density at radius 1 is 1.58 bits per heavy atom. The van der Waals surface area contributed by atoms with Crippen molar-refractivity contribution in [3.8, 4) is 11.8 Å². The summed E-state index contributed by atoms with van der Waals surface area (Å²) in [5.41, 5.74) is 1.01. The van der Waals surface area contributed by atoms with E-state index >= 15 is 0 Å². The van der Waals surface area contributed by atoms with Gasteiger partial charge in [0.15, 0.2) is 0 Å². The van der Waals surface area contributed by atoms with E-state index in [4.69, 9.17) is 9.84 Å². The summed E-state index contributed by atoms with van der Waals surface area (Å²) < 4.78 is 5.72. The molecule has 1 saturated heterocycles. The first-order valence-electron chi connectivity index (χ1n) is 6.83. The maximum atomic E-state index is 8.68. The van der Waals surface area contributed by atoms with Gasteiger partial charge in [-0.2, -0.15) is 0 Å². The Kier molecular flexibility index (Phi) is 5.87. The Balaban J connectivity index is 1.88. The zero-order chi connectivity index (χ0) is 13.5. The number of aliphatic hydroxyl groups excluding tert-OH is 1. The first-order chi connectivity index (χ1) is 9.31. The topological polar surface area (TPSA) is 32.7 Å². The number of ether oxygens (including phenoxy) is 1. The van der Waals surface area contributed by atoms with Crippen molar-refractivity contribution in [1.82, 2.24) is 4.90 Å². The van der Waals surface area contributed by atoms with Crippen molar-refractivity contribution in [2.45, 2.75) is 32.4 Å². The van der Waals surface area contributed by atoms with Crippen LogP contribution in [0.4, 0.5) is 0 Å². The summed E-state index contributed by atoms with van der Waals surface area (Å²) in [6.45, 7) is 5.95. The van der Waals surface area contributed by atoms with Crippen LogP contribution in [0.25, 0.3) is 0 Å². The number of hydrogen-bond donors (Lipinski definition) is 1. The van der Waals surface area contributed by atoms with Crippen molar-refractivity contribution in [3.05, 3.63) is 21.9 Å². The molecule has 1 unspecified atom stereocenters. The zero-order valence-corrected chi connectivity index (χ0v) is 12.2. The van der Waals surface area contributed by atoms with E-state index in [2.05, 4.69) is 35.1 Å². The number of thiophene rings is 1. The Bertz CT molecular complexity index is 444. The van der Waals surface area contributed by atoms with Gasteiger partial charge < -0.3 is 9.84 Å². The van der Waals surface area contributed by atoms with Gasteiger partial charge >= 0.3 is 0 Å². The van der Waals surface area contributed by atoms with Gasteiger partial charge in [-0.3, -0.25) is 4.90 Å². The van der Waals surface area contributed by atoms with Crippen molar-refractivity contribution >= 4 is 11.3 Å². The van der Waals surface area contributed by atoms with Gasteiger partial charge in [0, 0.05) is 35.5 Å². The molecule has 1 aliphatic heterocycles. The first-order valence-corrected chi connectivity index (χ1v) is 7.71. The lowest BCUT2D eigenvalue weighted by atomic mass is 10.1. The third-order valence-corrected chi connectivity index (χ3v) is 4.13. The molecule has 1 fully saturated rings. The van der Waals surface area contributed by atoms with Crippen molar-refractivity contribution in [1.29, 1.82) is 0 Å². The molecule has 0 saturated carbocycles. The number of hydrogen-bond acceptors (Lipinski definition) is 4. The highest BCUT2D eigenvalue weighted by Gasteiger charge is 2.20. The Morgan fingerprint density at radius 3 is 3.26 bits per heavy atom. The summed E-state index contributed by atoms with van der Waals surface area (Å²) in [5, 5.41) is 10.7. The molecule has 104 valence electrons. The summed E-state index contributed by atoms with van der Waals surface area (Å²) in [6.07, 6.45) is 2.79. The molecule has 19 heavy (non-hydrogen) atoms. The number of aliphatic hydroxyl groups is 1. The van der Waals surface area contributed by atoms with Crippen LogP contribution in [0, 0.1) is 11.8 Å². The van der Waals surface area contributed by atoms with Gasteiger partial charge in [-0.1, -0.05) is 11.8 Å². The second-order valence-corrected chi connectivity index (χ2v) is 5.71. The van der Waals surface area contributed by atoms with Gasteiger partial charge in [0.1, 0.15) is 6.61 Å². The monoisotopic (exact) mass is 279 g/mol. The minimum atomic E-state index is -0.0761. The highest BCUT2D eigenvalue weighted by atomic mass is 32.1. The fourth-order valence-electron chi connectivity index (χ4n) is 2.42. The molecule has 2 rings (SSSR count). The normalized spacial score (nSPS) is 20.0. The summed E-state index contributed by atoms with van der Waals surface area (Å²) in [6, 6.07) is 2.12. The molecule has 1 aromatic heterocycles. The van der Waals surface area contributed by atoms with Gasteiger partial charge in [-0.15, -0.1) is 11.3 Å². The standard InChI is InChI=1S/C15H21NO2S/c1-2-18-14-6-3-7-16(10-14)11-15-9-13(12-19-15)5-4-8-17/h9,12,14,17H,2-3,6-8,10-11H2,1H3. The average molecular weight is 279 g/mol. The molecule has 0 amide bonds. The fraction of sp³-hybridized carbons (Fsp3) is 0.600. The number of rotatable bonds is 4. The van der Waals surface area contributed by atoms with Crippen LogP contribution >= 0.6 is 11.3 Å². The molecule has 0 radical (unpaired) electrons. The lowest BCUT2D eigenvalue weighted by molar-refractivity contribution is 0.00390. The van der Waals surface area contributed by atoms with Gasteiger partial charge in [-0.05, 0) is 32.4 Å². The minimum absolute atomic E-state index is 0.0761. The van der Waals surface area contributed by atoms with Crippen LogP contribution < -0.4 is 0 Å². The third-order valence-electron chi connectivity index (χ3n) is 3.21. The van der Waals surface area contributed by atoms with Crippen LogP contribution in [-0.2, 0) is 11.3 Å². The number of piperidine rings is 1. The lowest BCUT2D eigenvalue weighted by Gasteiger charge is -2.32. The molecule has 2 heterocycles. The largest absolute Gasteiger partial charge is 0.384 e. The van der Waals surface area contributed by atoms with E-state index < -0.39 is 0 Å². The zero-order valence-electron chi connectivity index (χ0n) is 11.4. The molecular formula is C15H21NO2S. The quantitative estimate of drug-likeness (QED) is 0.857. The second kappa shape index (κ2) is 7.66.